The molecule has 0 heterocycles. The number of hydrogen-bond donors (Lipinski definition) is 2. The number of unbranched alkanes of at least 4 members (excludes halogenated alkanes) is 1. The highest BCUT2D eigenvalue weighted by molar-refractivity contribution is 5.74. The van der Waals surface area contributed by atoms with Gasteiger partial charge in [-0.25, -0.2) is 0 Å². The summed E-state index contributed by atoms with van der Waals surface area (Å²) < 4.78 is 0. The predicted octanol–water partition coefficient (Wildman–Crippen LogP) is 3.83. The summed E-state index contributed by atoms with van der Waals surface area (Å²) in [7, 11) is 1.00. The maximum atomic E-state index is 8.07. The van der Waals surface area contributed by atoms with E-state index in [4.69, 9.17) is 10.2 Å². The zero-order chi connectivity index (χ0) is 14.9. The van der Waals surface area contributed by atoms with Gasteiger partial charge in [-0.2, -0.15) is 0 Å². The zero-order valence-corrected chi connectivity index (χ0v) is 12.0. The van der Waals surface area contributed by atoms with Crippen molar-refractivity contribution in [2.75, 3.05) is 13.7 Å². The number of hydrogen-bond acceptors (Lipinski definition) is 2. The summed E-state index contributed by atoms with van der Waals surface area (Å²) >= 11 is 0. The van der Waals surface area contributed by atoms with E-state index in [2.05, 4.69) is 32.2 Å². The van der Waals surface area contributed by atoms with Gasteiger partial charge in [0.05, 0.1) is 0 Å². The van der Waals surface area contributed by atoms with Crippen LogP contribution >= 0.6 is 0 Å². The van der Waals surface area contributed by atoms with Crippen molar-refractivity contribution < 1.29 is 10.2 Å². The fourth-order valence-corrected chi connectivity index (χ4v) is 1.20. The van der Waals surface area contributed by atoms with E-state index in [0.717, 1.165) is 25.5 Å². The topological polar surface area (TPSA) is 40.5 Å². The standard InChI is InChI=1S/C12H12.C4H10O.CH4O/c1-3-8-11(4-2)12-9-6-5-7-10-12;1-2-3-4-5;1-2/h3-10H,1-2H2;5H,2-4H2,1H3;2H,1H3/b11-8+;;. The Hall–Kier alpha value is -1.64. The van der Waals surface area contributed by atoms with E-state index in [1.54, 1.807) is 6.08 Å². The highest BCUT2D eigenvalue weighted by Crippen LogP contribution is 2.14. The van der Waals surface area contributed by atoms with Gasteiger partial charge in [0, 0.05) is 13.7 Å². The van der Waals surface area contributed by atoms with Gasteiger partial charge in [0.1, 0.15) is 0 Å². The molecule has 1 aromatic rings. The summed E-state index contributed by atoms with van der Waals surface area (Å²) in [5.41, 5.74) is 2.28. The molecule has 0 unspecified atom stereocenters. The normalized spacial score (nSPS) is 9.37. The first-order chi connectivity index (χ1) is 9.29. The molecule has 0 fully saturated rings. The van der Waals surface area contributed by atoms with E-state index in [0.29, 0.717) is 6.61 Å². The highest BCUT2D eigenvalue weighted by atomic mass is 16.3. The Morgan fingerprint density at radius 2 is 1.74 bits per heavy atom. The minimum atomic E-state index is 0.344. The van der Waals surface area contributed by atoms with Crippen LogP contribution in [0.2, 0.25) is 0 Å². The monoisotopic (exact) mass is 262 g/mol. The lowest BCUT2D eigenvalue weighted by Crippen LogP contribution is -1.77. The molecule has 0 bridgehead atoms. The van der Waals surface area contributed by atoms with Crippen LogP contribution in [0.4, 0.5) is 0 Å². The Morgan fingerprint density at radius 3 is 2.05 bits per heavy atom. The molecule has 19 heavy (non-hydrogen) atoms. The fraction of sp³-hybridized carbons (Fsp3) is 0.294. The van der Waals surface area contributed by atoms with E-state index < -0.39 is 0 Å². The Labute approximate surface area is 117 Å². The average Bonchev–Trinajstić information content (AvgIpc) is 2.49. The third-order valence-corrected chi connectivity index (χ3v) is 2.14. The van der Waals surface area contributed by atoms with Gasteiger partial charge in [-0.15, -0.1) is 0 Å². The summed E-state index contributed by atoms with van der Waals surface area (Å²) in [6.07, 6.45) is 7.58. The van der Waals surface area contributed by atoms with Crippen LogP contribution in [0.25, 0.3) is 5.57 Å². The Morgan fingerprint density at radius 1 is 1.16 bits per heavy atom. The summed E-state index contributed by atoms with van der Waals surface area (Å²) in [5.74, 6) is 0. The maximum absolute atomic E-state index is 8.07. The van der Waals surface area contributed by atoms with Crippen LogP contribution in [-0.4, -0.2) is 23.9 Å². The first-order valence-electron chi connectivity index (χ1n) is 6.36. The first kappa shape index (κ1) is 19.7. The molecule has 2 N–H and O–H groups in total. The largest absolute Gasteiger partial charge is 0.400 e. The van der Waals surface area contributed by atoms with Crippen LogP contribution in [0.1, 0.15) is 25.3 Å². The van der Waals surface area contributed by atoms with Crippen molar-refractivity contribution in [3.8, 4) is 0 Å². The second-order valence-corrected chi connectivity index (χ2v) is 3.51. The van der Waals surface area contributed by atoms with Gasteiger partial charge in [0.15, 0.2) is 0 Å². The van der Waals surface area contributed by atoms with Crippen molar-refractivity contribution in [1.82, 2.24) is 0 Å². The molecule has 2 nitrogen and oxygen atoms in total. The molecule has 0 aromatic heterocycles. The van der Waals surface area contributed by atoms with Crippen molar-refractivity contribution in [1.29, 1.82) is 0 Å². The Bertz CT molecular complexity index is 338. The molecule has 2 heteroatoms. The second kappa shape index (κ2) is 16.4. The van der Waals surface area contributed by atoms with Crippen LogP contribution in [0.15, 0.2) is 61.7 Å². The lowest BCUT2D eigenvalue weighted by molar-refractivity contribution is 0.287. The molecule has 0 atom stereocenters. The first-order valence-corrected chi connectivity index (χ1v) is 6.36. The molecule has 1 rings (SSSR count). The molecular weight excluding hydrogens is 236 g/mol. The third kappa shape index (κ3) is 11.2. The second-order valence-electron chi connectivity index (χ2n) is 3.51. The minimum Gasteiger partial charge on any atom is -0.400 e. The smallest absolute Gasteiger partial charge is 0.0430 e. The molecule has 0 aliphatic heterocycles. The molecule has 106 valence electrons. The van der Waals surface area contributed by atoms with Crippen molar-refractivity contribution >= 4 is 5.57 Å². The SMILES string of the molecule is C=C/C=C(\C=C)c1ccccc1.CCCCO.CO. The van der Waals surface area contributed by atoms with Gasteiger partial charge in [-0.3, -0.25) is 0 Å². The van der Waals surface area contributed by atoms with Crippen molar-refractivity contribution in [3.63, 3.8) is 0 Å². The van der Waals surface area contributed by atoms with Gasteiger partial charge in [0.25, 0.3) is 0 Å². The number of aliphatic hydroxyl groups is 2. The molecule has 1 aromatic carbocycles. The van der Waals surface area contributed by atoms with Gasteiger partial charge < -0.3 is 10.2 Å². The van der Waals surface area contributed by atoms with Crippen LogP contribution in [0.3, 0.4) is 0 Å². The average molecular weight is 262 g/mol. The number of rotatable bonds is 5. The predicted molar refractivity (Wildman–Crippen MR) is 84.9 cm³/mol. The molecule has 0 aliphatic carbocycles. The summed E-state index contributed by atoms with van der Waals surface area (Å²) in [4.78, 5) is 0. The van der Waals surface area contributed by atoms with Crippen LogP contribution in [0, 0.1) is 0 Å². The number of allylic oxidation sites excluding steroid dienone is 4. The van der Waals surface area contributed by atoms with E-state index >= 15 is 0 Å². The third-order valence-electron chi connectivity index (χ3n) is 2.14. The van der Waals surface area contributed by atoms with Crippen LogP contribution < -0.4 is 0 Å². The van der Waals surface area contributed by atoms with Gasteiger partial charge in [0.2, 0.25) is 0 Å². The lowest BCUT2D eigenvalue weighted by Gasteiger charge is -1.99. The quantitative estimate of drug-likeness (QED) is 0.792. The summed E-state index contributed by atoms with van der Waals surface area (Å²) in [6.45, 7) is 9.79. The van der Waals surface area contributed by atoms with Crippen molar-refractivity contribution in [3.05, 3.63) is 67.3 Å². The van der Waals surface area contributed by atoms with Gasteiger partial charge in [-0.05, 0) is 17.6 Å². The summed E-state index contributed by atoms with van der Waals surface area (Å²) in [6, 6.07) is 10.1. The van der Waals surface area contributed by atoms with E-state index in [9.17, 15) is 0 Å². The summed E-state index contributed by atoms with van der Waals surface area (Å²) in [5, 5.41) is 15.1. The molecule has 0 saturated carbocycles. The maximum Gasteiger partial charge on any atom is 0.0430 e. The van der Waals surface area contributed by atoms with Crippen molar-refractivity contribution in [2.24, 2.45) is 0 Å². The van der Waals surface area contributed by atoms with Crippen molar-refractivity contribution in [2.45, 2.75) is 19.8 Å². The minimum absolute atomic E-state index is 0.344. The molecule has 0 amide bonds. The molecule has 0 aliphatic rings. The Balaban J connectivity index is 0. The number of aliphatic hydroxyl groups excluding tert-OH is 2. The Kier molecular flexibility index (Phi) is 17.0. The van der Waals surface area contributed by atoms with E-state index in [1.807, 2.05) is 30.4 Å². The van der Waals surface area contributed by atoms with Crippen LogP contribution in [0.5, 0.6) is 0 Å². The van der Waals surface area contributed by atoms with Gasteiger partial charge >= 0.3 is 0 Å². The molecular formula is C17H26O2. The molecule has 0 radical (unpaired) electrons. The fourth-order valence-electron chi connectivity index (χ4n) is 1.20. The van der Waals surface area contributed by atoms with E-state index in [-0.39, 0.29) is 0 Å². The zero-order valence-electron chi connectivity index (χ0n) is 12.0. The van der Waals surface area contributed by atoms with Crippen LogP contribution in [-0.2, 0) is 0 Å². The van der Waals surface area contributed by atoms with E-state index in [1.165, 1.54) is 5.56 Å². The molecule has 0 saturated heterocycles. The highest BCUT2D eigenvalue weighted by Gasteiger charge is 1.92. The lowest BCUT2D eigenvalue weighted by atomic mass is 10.1. The van der Waals surface area contributed by atoms with Gasteiger partial charge in [-0.1, -0.05) is 75.1 Å². The molecule has 0 spiro atoms. The number of benzene rings is 1.